The highest BCUT2D eigenvalue weighted by molar-refractivity contribution is 9.10. The maximum absolute atomic E-state index is 6.66. The number of hydrogen-bond donors (Lipinski definition) is 0. The minimum Gasteiger partial charge on any atom is -0.378 e. The van der Waals surface area contributed by atoms with Crippen molar-refractivity contribution in [3.8, 4) is 0 Å². The van der Waals surface area contributed by atoms with E-state index in [-0.39, 0.29) is 5.54 Å². The van der Waals surface area contributed by atoms with Crippen molar-refractivity contribution in [2.45, 2.75) is 50.9 Å². The summed E-state index contributed by atoms with van der Waals surface area (Å²) >= 11 is 3.81. The van der Waals surface area contributed by atoms with E-state index in [4.69, 9.17) is 9.57 Å². The Kier molecular flexibility index (Phi) is 7.38. The van der Waals surface area contributed by atoms with Gasteiger partial charge in [0.25, 0.3) is 0 Å². The third kappa shape index (κ3) is 4.84. The molecule has 0 radical (unpaired) electrons. The zero-order chi connectivity index (χ0) is 21.5. The molecule has 0 N–H and O–H groups in total. The van der Waals surface area contributed by atoms with Gasteiger partial charge in [-0.15, -0.1) is 0 Å². The molecule has 0 spiro atoms. The number of hydrogen-bond acceptors (Lipinski definition) is 4. The van der Waals surface area contributed by atoms with Gasteiger partial charge in [0.2, 0.25) is 0 Å². The lowest BCUT2D eigenvalue weighted by molar-refractivity contribution is 0.0197. The van der Waals surface area contributed by atoms with Crippen molar-refractivity contribution < 1.29 is 9.57 Å². The minimum absolute atomic E-state index is 0.234. The number of pyridine rings is 1. The highest BCUT2D eigenvalue weighted by Gasteiger charge is 2.42. The summed E-state index contributed by atoms with van der Waals surface area (Å²) in [6.07, 6.45) is 7.53. The first-order valence-electron chi connectivity index (χ1n) is 10.9. The molecular formula is C26H29BrN2O2. The van der Waals surface area contributed by atoms with Gasteiger partial charge >= 0.3 is 0 Å². The average Bonchev–Trinajstić information content (AvgIpc) is 2.83. The molecule has 1 aromatic heterocycles. The van der Waals surface area contributed by atoms with Gasteiger partial charge in [-0.05, 0) is 46.0 Å². The molecule has 0 saturated heterocycles. The fraction of sp³-hybridized carbons (Fsp3) is 0.346. The van der Waals surface area contributed by atoms with Gasteiger partial charge in [-0.1, -0.05) is 79.9 Å². The molecule has 1 fully saturated rings. The average molecular weight is 481 g/mol. The summed E-state index contributed by atoms with van der Waals surface area (Å²) < 4.78 is 6.30. The van der Waals surface area contributed by atoms with Crippen LogP contribution in [0.4, 0.5) is 5.69 Å². The van der Waals surface area contributed by atoms with Crippen LogP contribution < -0.4 is 5.06 Å². The smallest absolute Gasteiger partial charge is 0.1000 e. The fourth-order valence-corrected chi connectivity index (χ4v) is 5.01. The Labute approximate surface area is 193 Å². The minimum atomic E-state index is -0.234. The topological polar surface area (TPSA) is 34.6 Å². The normalized spacial score (nSPS) is 15.5. The van der Waals surface area contributed by atoms with E-state index in [9.17, 15) is 0 Å². The first kappa shape index (κ1) is 22.0. The van der Waals surface area contributed by atoms with E-state index < -0.39 is 0 Å². The molecule has 0 aliphatic heterocycles. The molecule has 162 valence electrons. The van der Waals surface area contributed by atoms with Crippen molar-refractivity contribution in [3.63, 3.8) is 0 Å². The number of nitrogens with zero attached hydrogens (tertiary/aromatic N) is 2. The van der Waals surface area contributed by atoms with Gasteiger partial charge in [0.1, 0.15) is 0 Å². The predicted octanol–water partition coefficient (Wildman–Crippen LogP) is 6.79. The molecular weight excluding hydrogens is 452 g/mol. The monoisotopic (exact) mass is 480 g/mol. The maximum atomic E-state index is 6.66. The molecule has 1 aliphatic rings. The zero-order valence-electron chi connectivity index (χ0n) is 18.0. The number of rotatable bonds is 8. The molecule has 1 heterocycles. The number of benzene rings is 2. The second kappa shape index (κ2) is 10.4. The van der Waals surface area contributed by atoms with E-state index >= 15 is 0 Å². The Hall–Kier alpha value is -2.21. The number of ether oxygens (including phenoxy) is 1. The summed E-state index contributed by atoms with van der Waals surface area (Å²) in [6, 6.07) is 23.2. The second-order valence-electron chi connectivity index (χ2n) is 8.04. The van der Waals surface area contributed by atoms with Gasteiger partial charge in [0, 0.05) is 13.3 Å². The molecule has 3 aromatic rings. The molecule has 5 heteroatoms. The van der Waals surface area contributed by atoms with Crippen LogP contribution >= 0.6 is 15.9 Å². The summed E-state index contributed by atoms with van der Waals surface area (Å²) in [5.41, 5.74) is 4.06. The second-order valence-corrected chi connectivity index (χ2v) is 8.83. The summed E-state index contributed by atoms with van der Waals surface area (Å²) in [4.78, 5) is 11.2. The molecule has 31 heavy (non-hydrogen) atoms. The van der Waals surface area contributed by atoms with E-state index in [0.717, 1.165) is 34.3 Å². The Morgan fingerprint density at radius 3 is 2.26 bits per heavy atom. The van der Waals surface area contributed by atoms with Gasteiger partial charge < -0.3 is 4.74 Å². The molecule has 0 bridgehead atoms. The lowest BCUT2D eigenvalue weighted by Crippen LogP contribution is -2.48. The third-order valence-electron chi connectivity index (χ3n) is 6.02. The van der Waals surface area contributed by atoms with E-state index in [0.29, 0.717) is 13.2 Å². The highest BCUT2D eigenvalue weighted by Crippen LogP contribution is 2.47. The van der Waals surface area contributed by atoms with E-state index in [1.165, 1.54) is 24.8 Å². The van der Waals surface area contributed by atoms with Gasteiger partial charge in [-0.3, -0.25) is 9.82 Å². The Balaban J connectivity index is 1.80. The standard InChI is InChI=1S/C26H29BrN2O2/c1-30-20-23-25(27)24(15-18-28-23)29(31-19-21-11-5-2-6-12-21)26(16-9-4-10-17-26)22-13-7-3-8-14-22/h2-3,5-8,11-15,18H,4,9-10,16-17,19-20H2,1H3. The molecule has 4 rings (SSSR count). The summed E-state index contributed by atoms with van der Waals surface area (Å²) in [5, 5.41) is 2.15. The SMILES string of the molecule is COCc1nccc(N(OCc2ccccc2)C2(c3ccccc3)CCCCC2)c1Br. The van der Waals surface area contributed by atoms with Gasteiger partial charge in [0.05, 0.1) is 34.6 Å². The van der Waals surface area contributed by atoms with Crippen molar-refractivity contribution in [2.75, 3.05) is 12.2 Å². The number of methoxy groups -OCH3 is 1. The number of anilines is 1. The first-order chi connectivity index (χ1) is 15.2. The van der Waals surface area contributed by atoms with E-state index in [1.54, 1.807) is 7.11 Å². The lowest BCUT2D eigenvalue weighted by atomic mass is 9.76. The lowest BCUT2D eigenvalue weighted by Gasteiger charge is -2.47. The fourth-order valence-electron chi connectivity index (χ4n) is 4.50. The molecule has 2 aromatic carbocycles. The van der Waals surface area contributed by atoms with Crippen molar-refractivity contribution >= 4 is 21.6 Å². The molecule has 4 nitrogen and oxygen atoms in total. The van der Waals surface area contributed by atoms with Crippen LogP contribution in [0, 0.1) is 0 Å². The largest absolute Gasteiger partial charge is 0.378 e. The van der Waals surface area contributed by atoms with Gasteiger partial charge in [-0.2, -0.15) is 0 Å². The van der Waals surface area contributed by atoms with Crippen LogP contribution in [0.3, 0.4) is 0 Å². The van der Waals surface area contributed by atoms with E-state index in [1.807, 2.05) is 18.3 Å². The molecule has 0 unspecified atom stereocenters. The van der Waals surface area contributed by atoms with Crippen molar-refractivity contribution in [1.29, 1.82) is 0 Å². The predicted molar refractivity (Wildman–Crippen MR) is 128 cm³/mol. The van der Waals surface area contributed by atoms with E-state index in [2.05, 4.69) is 80.6 Å². The van der Waals surface area contributed by atoms with Crippen LogP contribution in [-0.2, 0) is 28.3 Å². The van der Waals surface area contributed by atoms with Crippen molar-refractivity contribution in [1.82, 2.24) is 4.98 Å². The number of hydroxylamine groups is 1. The quantitative estimate of drug-likeness (QED) is 0.332. The van der Waals surface area contributed by atoms with Crippen LogP contribution in [-0.4, -0.2) is 12.1 Å². The number of aromatic nitrogens is 1. The van der Waals surface area contributed by atoms with Crippen molar-refractivity contribution in [2.24, 2.45) is 0 Å². The molecule has 0 atom stereocenters. The summed E-state index contributed by atoms with van der Waals surface area (Å²) in [5.74, 6) is 0. The maximum Gasteiger partial charge on any atom is 0.1000 e. The highest BCUT2D eigenvalue weighted by atomic mass is 79.9. The van der Waals surface area contributed by atoms with Crippen molar-refractivity contribution in [3.05, 3.63) is 94.2 Å². The van der Waals surface area contributed by atoms with Crippen LogP contribution in [0.5, 0.6) is 0 Å². The Morgan fingerprint density at radius 2 is 1.58 bits per heavy atom. The van der Waals surface area contributed by atoms with Gasteiger partial charge in [-0.25, -0.2) is 5.06 Å². The van der Waals surface area contributed by atoms with Crippen LogP contribution in [0.2, 0.25) is 0 Å². The summed E-state index contributed by atoms with van der Waals surface area (Å²) in [6.45, 7) is 0.948. The first-order valence-corrected chi connectivity index (χ1v) is 11.7. The zero-order valence-corrected chi connectivity index (χ0v) is 19.6. The third-order valence-corrected chi connectivity index (χ3v) is 6.89. The number of halogens is 1. The Morgan fingerprint density at radius 1 is 0.903 bits per heavy atom. The molecule has 1 aliphatic carbocycles. The Bertz CT molecular complexity index is 960. The van der Waals surface area contributed by atoms with Gasteiger partial charge in [0.15, 0.2) is 0 Å². The van der Waals surface area contributed by atoms with Crippen LogP contribution in [0.25, 0.3) is 0 Å². The van der Waals surface area contributed by atoms with Crippen LogP contribution in [0.1, 0.15) is 48.9 Å². The molecule has 0 amide bonds. The summed E-state index contributed by atoms with van der Waals surface area (Å²) in [7, 11) is 1.69. The molecule has 1 saturated carbocycles. The van der Waals surface area contributed by atoms with Crippen LogP contribution in [0.15, 0.2) is 77.4 Å².